The summed E-state index contributed by atoms with van der Waals surface area (Å²) < 4.78 is 0. The first-order chi connectivity index (χ1) is 11.8. The number of allylic oxidation sites excluding steroid dienone is 4. The molecule has 1 heteroatoms. The molecule has 1 saturated carbocycles. The molecule has 0 bridgehead atoms. The Bertz CT molecular complexity index is 381. The van der Waals surface area contributed by atoms with Gasteiger partial charge in [0.05, 0.1) is 0 Å². The molecule has 0 radical (unpaired) electrons. The topological polar surface area (TPSA) is 20.2 Å². The van der Waals surface area contributed by atoms with Gasteiger partial charge in [-0.15, -0.1) is 0 Å². The molecule has 0 aromatic rings. The van der Waals surface area contributed by atoms with Gasteiger partial charge in [-0.05, 0) is 82.0 Å². The molecule has 1 N–H and O–H groups in total. The summed E-state index contributed by atoms with van der Waals surface area (Å²) in [5.41, 5.74) is 1.73. The average Bonchev–Trinajstić information content (AvgIpc) is 3.01. The fourth-order valence-electron chi connectivity index (χ4n) is 4.70. The summed E-state index contributed by atoms with van der Waals surface area (Å²) in [5, 5.41) is 8.98. The van der Waals surface area contributed by atoms with Gasteiger partial charge in [0.1, 0.15) is 0 Å². The van der Waals surface area contributed by atoms with Gasteiger partial charge < -0.3 is 5.11 Å². The van der Waals surface area contributed by atoms with E-state index in [1.54, 1.807) is 5.57 Å². The van der Waals surface area contributed by atoms with Gasteiger partial charge in [0.2, 0.25) is 0 Å². The standard InChI is InChI=1S/C23H40O/c1-2-3-10-20-12-7-14-21(11-5-4-6-18-24)19-23-17-9-16-22(23)15-8-13-20/h8,11,15,20,22-24H,2-7,9-10,12-14,16-19H2,1H3/t20?,22-,23+/m0/s1. The lowest BCUT2D eigenvalue weighted by Crippen LogP contribution is -2.06. The minimum Gasteiger partial charge on any atom is -0.396 e. The van der Waals surface area contributed by atoms with Crippen LogP contribution in [0.3, 0.4) is 0 Å². The molecule has 2 aliphatic rings. The second-order valence-electron chi connectivity index (χ2n) is 8.21. The van der Waals surface area contributed by atoms with Crippen molar-refractivity contribution < 1.29 is 5.11 Å². The molecule has 0 saturated heterocycles. The summed E-state index contributed by atoms with van der Waals surface area (Å²) in [6, 6.07) is 0. The van der Waals surface area contributed by atoms with Gasteiger partial charge in [-0.3, -0.25) is 0 Å². The zero-order valence-electron chi connectivity index (χ0n) is 16.0. The Hall–Kier alpha value is -0.560. The first-order valence-corrected chi connectivity index (χ1v) is 10.8. The molecular formula is C23H40O. The fraction of sp³-hybridized carbons (Fsp3) is 0.826. The largest absolute Gasteiger partial charge is 0.396 e. The van der Waals surface area contributed by atoms with Gasteiger partial charge in [-0.2, -0.15) is 0 Å². The van der Waals surface area contributed by atoms with E-state index < -0.39 is 0 Å². The van der Waals surface area contributed by atoms with E-state index in [0.29, 0.717) is 6.61 Å². The third-order valence-electron chi connectivity index (χ3n) is 6.22. The van der Waals surface area contributed by atoms with Crippen molar-refractivity contribution in [2.75, 3.05) is 6.61 Å². The van der Waals surface area contributed by atoms with E-state index in [9.17, 15) is 0 Å². The SMILES string of the molecule is CCCCC1CC=C[C@H]2CCC[C@@H]2CC(=CCCCCO)CCC1. The molecule has 138 valence electrons. The van der Waals surface area contributed by atoms with Gasteiger partial charge in [0.25, 0.3) is 0 Å². The lowest BCUT2D eigenvalue weighted by atomic mass is 9.87. The molecule has 0 amide bonds. The third-order valence-corrected chi connectivity index (χ3v) is 6.22. The van der Waals surface area contributed by atoms with Crippen molar-refractivity contribution in [3.63, 3.8) is 0 Å². The van der Waals surface area contributed by atoms with Crippen LogP contribution in [0.25, 0.3) is 0 Å². The molecule has 24 heavy (non-hydrogen) atoms. The first kappa shape index (κ1) is 19.8. The molecular weight excluding hydrogens is 292 g/mol. The van der Waals surface area contributed by atoms with Crippen LogP contribution in [-0.4, -0.2) is 11.7 Å². The fourth-order valence-corrected chi connectivity index (χ4v) is 4.70. The van der Waals surface area contributed by atoms with Crippen molar-refractivity contribution >= 4 is 0 Å². The smallest absolute Gasteiger partial charge is 0.0431 e. The minimum absolute atomic E-state index is 0.345. The average molecular weight is 333 g/mol. The van der Waals surface area contributed by atoms with Crippen molar-refractivity contribution in [3.05, 3.63) is 23.8 Å². The second-order valence-corrected chi connectivity index (χ2v) is 8.21. The summed E-state index contributed by atoms with van der Waals surface area (Å²) in [5.74, 6) is 2.66. The van der Waals surface area contributed by atoms with E-state index in [1.807, 2.05) is 0 Å². The maximum Gasteiger partial charge on any atom is 0.0431 e. The highest BCUT2D eigenvalue weighted by molar-refractivity contribution is 5.07. The molecule has 1 nitrogen and oxygen atoms in total. The van der Waals surface area contributed by atoms with Crippen molar-refractivity contribution in [2.24, 2.45) is 17.8 Å². The van der Waals surface area contributed by atoms with Crippen LogP contribution in [0.1, 0.15) is 96.8 Å². The maximum absolute atomic E-state index is 8.98. The lowest BCUT2D eigenvalue weighted by Gasteiger charge is -2.18. The zero-order valence-corrected chi connectivity index (χ0v) is 16.0. The highest BCUT2D eigenvalue weighted by Crippen LogP contribution is 2.39. The zero-order chi connectivity index (χ0) is 17.0. The number of unbranched alkanes of at least 4 members (excludes halogenated alkanes) is 3. The quantitative estimate of drug-likeness (QED) is 0.400. The maximum atomic E-state index is 8.98. The minimum atomic E-state index is 0.345. The molecule has 0 aromatic heterocycles. The molecule has 0 spiro atoms. The number of aliphatic hydroxyl groups is 1. The number of hydrogen-bond donors (Lipinski definition) is 1. The summed E-state index contributed by atoms with van der Waals surface area (Å²) in [7, 11) is 0. The number of aliphatic hydroxyl groups excluding tert-OH is 1. The Labute approximate surface area is 150 Å². The van der Waals surface area contributed by atoms with E-state index >= 15 is 0 Å². The molecule has 1 fully saturated rings. The van der Waals surface area contributed by atoms with Crippen LogP contribution in [0.5, 0.6) is 0 Å². The predicted molar refractivity (Wildman–Crippen MR) is 105 cm³/mol. The summed E-state index contributed by atoms with van der Waals surface area (Å²) in [6.45, 7) is 2.66. The van der Waals surface area contributed by atoms with Crippen LogP contribution in [0.4, 0.5) is 0 Å². The molecule has 2 aliphatic carbocycles. The Morgan fingerprint density at radius 3 is 2.88 bits per heavy atom. The normalized spacial score (nSPS) is 30.2. The van der Waals surface area contributed by atoms with Crippen molar-refractivity contribution in [1.82, 2.24) is 0 Å². The van der Waals surface area contributed by atoms with Crippen molar-refractivity contribution in [2.45, 2.75) is 96.8 Å². The lowest BCUT2D eigenvalue weighted by molar-refractivity contribution is 0.285. The van der Waals surface area contributed by atoms with Gasteiger partial charge in [0, 0.05) is 6.61 Å². The van der Waals surface area contributed by atoms with Crippen LogP contribution >= 0.6 is 0 Å². The van der Waals surface area contributed by atoms with Crippen LogP contribution in [0.2, 0.25) is 0 Å². The molecule has 0 aliphatic heterocycles. The van der Waals surface area contributed by atoms with Crippen LogP contribution in [-0.2, 0) is 0 Å². The van der Waals surface area contributed by atoms with Gasteiger partial charge in [-0.1, -0.05) is 56.4 Å². The first-order valence-electron chi connectivity index (χ1n) is 10.8. The second kappa shape index (κ2) is 11.9. The number of rotatable bonds is 7. The summed E-state index contributed by atoms with van der Waals surface area (Å²) in [4.78, 5) is 0. The highest BCUT2D eigenvalue weighted by Gasteiger charge is 2.26. The van der Waals surface area contributed by atoms with Crippen LogP contribution in [0, 0.1) is 17.8 Å². The van der Waals surface area contributed by atoms with Crippen LogP contribution in [0.15, 0.2) is 23.8 Å². The van der Waals surface area contributed by atoms with Gasteiger partial charge >= 0.3 is 0 Å². The Kier molecular flexibility index (Phi) is 9.80. The van der Waals surface area contributed by atoms with E-state index in [4.69, 9.17) is 5.11 Å². The number of hydrogen-bond acceptors (Lipinski definition) is 1. The van der Waals surface area contributed by atoms with Gasteiger partial charge in [0.15, 0.2) is 0 Å². The van der Waals surface area contributed by atoms with Crippen molar-refractivity contribution in [1.29, 1.82) is 0 Å². The highest BCUT2D eigenvalue weighted by atomic mass is 16.2. The monoisotopic (exact) mass is 332 g/mol. The van der Waals surface area contributed by atoms with E-state index in [2.05, 4.69) is 25.2 Å². The third kappa shape index (κ3) is 7.13. The molecule has 0 heterocycles. The summed E-state index contributed by atoms with van der Waals surface area (Å²) >= 11 is 0. The van der Waals surface area contributed by atoms with E-state index in [-0.39, 0.29) is 0 Å². The Morgan fingerprint density at radius 2 is 2.04 bits per heavy atom. The molecule has 0 aromatic carbocycles. The Balaban J connectivity index is 1.97. The van der Waals surface area contributed by atoms with Gasteiger partial charge in [-0.25, -0.2) is 0 Å². The summed E-state index contributed by atoms with van der Waals surface area (Å²) in [6.07, 6.45) is 26.1. The van der Waals surface area contributed by atoms with Crippen LogP contribution < -0.4 is 0 Å². The van der Waals surface area contributed by atoms with E-state index in [1.165, 1.54) is 77.0 Å². The predicted octanol–water partition coefficient (Wildman–Crippen LogP) is 6.82. The molecule has 2 rings (SSSR count). The van der Waals surface area contributed by atoms with Crippen molar-refractivity contribution in [3.8, 4) is 0 Å². The van der Waals surface area contributed by atoms with E-state index in [0.717, 1.165) is 30.6 Å². The number of fused-ring (bicyclic) bond motifs is 1. The molecule has 3 atom stereocenters. The molecule has 1 unspecified atom stereocenters. The Morgan fingerprint density at radius 1 is 1.12 bits per heavy atom.